The molecule has 0 saturated carbocycles. The van der Waals surface area contributed by atoms with E-state index in [1.165, 1.54) is 0 Å². The van der Waals surface area contributed by atoms with E-state index in [-0.39, 0.29) is 0 Å². The maximum Gasteiger partial charge on any atom is 0.152 e. The summed E-state index contributed by atoms with van der Waals surface area (Å²) in [6, 6.07) is 0. The summed E-state index contributed by atoms with van der Waals surface area (Å²) in [5.41, 5.74) is 1.90. The zero-order valence-electron chi connectivity index (χ0n) is 9.28. The van der Waals surface area contributed by atoms with Gasteiger partial charge in [0.15, 0.2) is 5.76 Å². The third-order valence-electron chi connectivity index (χ3n) is 2.53. The van der Waals surface area contributed by atoms with Crippen molar-refractivity contribution in [1.29, 1.82) is 0 Å². The van der Waals surface area contributed by atoms with Crippen molar-refractivity contribution in [2.45, 2.75) is 12.8 Å². The maximum atomic E-state index is 5.47. The second kappa shape index (κ2) is 5.34. The fourth-order valence-corrected chi connectivity index (χ4v) is 2.83. The van der Waals surface area contributed by atoms with Crippen LogP contribution in [0, 0.1) is 0 Å². The van der Waals surface area contributed by atoms with Crippen molar-refractivity contribution in [2.75, 3.05) is 0 Å². The number of hydrogen-bond donors (Lipinski definition) is 0. The standard InChI is InChI=1S/C13H12ClNOS/c1-3-10-12(4-2)17-13(15-10)9-7-5-6-8-11(9)16-14/h3-4,6,8H,1-2,5,7H2. The molecule has 2 rings (SSSR count). The molecule has 2 nitrogen and oxygen atoms in total. The second-order valence-electron chi connectivity index (χ2n) is 3.54. The van der Waals surface area contributed by atoms with E-state index in [1.54, 1.807) is 23.5 Å². The molecule has 0 N–H and O–H groups in total. The summed E-state index contributed by atoms with van der Waals surface area (Å²) < 4.78 is 4.85. The fraction of sp³-hybridized carbons (Fsp3) is 0.154. The molecule has 0 unspecified atom stereocenters. The van der Waals surface area contributed by atoms with Crippen LogP contribution in [-0.4, -0.2) is 4.98 Å². The quantitative estimate of drug-likeness (QED) is 0.790. The average Bonchev–Trinajstić information content (AvgIpc) is 2.81. The Balaban J connectivity index is 2.49. The van der Waals surface area contributed by atoms with E-state index >= 15 is 0 Å². The Morgan fingerprint density at radius 1 is 1.41 bits per heavy atom. The lowest BCUT2D eigenvalue weighted by molar-refractivity contribution is 0.492. The Labute approximate surface area is 110 Å². The number of thiazole rings is 1. The molecule has 4 heteroatoms. The zero-order chi connectivity index (χ0) is 12.3. The summed E-state index contributed by atoms with van der Waals surface area (Å²) in [5, 5.41) is 0.926. The van der Waals surface area contributed by atoms with Gasteiger partial charge >= 0.3 is 0 Å². The van der Waals surface area contributed by atoms with E-state index in [2.05, 4.69) is 18.1 Å². The minimum absolute atomic E-state index is 0.679. The summed E-state index contributed by atoms with van der Waals surface area (Å²) in [6.07, 6.45) is 9.31. The van der Waals surface area contributed by atoms with Crippen molar-refractivity contribution in [1.82, 2.24) is 4.98 Å². The highest BCUT2D eigenvalue weighted by molar-refractivity contribution is 7.13. The third kappa shape index (κ3) is 2.35. The van der Waals surface area contributed by atoms with Crippen LogP contribution in [0.5, 0.6) is 0 Å². The molecule has 1 aromatic rings. The summed E-state index contributed by atoms with van der Waals surface area (Å²) in [6.45, 7) is 7.52. The summed E-state index contributed by atoms with van der Waals surface area (Å²) in [4.78, 5) is 5.54. The molecule has 0 amide bonds. The molecule has 0 spiro atoms. The van der Waals surface area contributed by atoms with E-state index < -0.39 is 0 Å². The van der Waals surface area contributed by atoms with Gasteiger partial charge in [-0.05, 0) is 31.1 Å². The SMILES string of the molecule is C=Cc1nc(C2=C(OCl)C=CCC2)sc1C=C. The first-order valence-corrected chi connectivity index (χ1v) is 6.37. The minimum Gasteiger partial charge on any atom is -0.385 e. The molecule has 1 heterocycles. The Kier molecular flexibility index (Phi) is 3.82. The van der Waals surface area contributed by atoms with Crippen LogP contribution in [0.2, 0.25) is 0 Å². The predicted octanol–water partition coefficient (Wildman–Crippen LogP) is 4.66. The molecule has 0 saturated heterocycles. The van der Waals surface area contributed by atoms with Gasteiger partial charge in [0.25, 0.3) is 0 Å². The smallest absolute Gasteiger partial charge is 0.152 e. The molecule has 0 aliphatic heterocycles. The molecule has 17 heavy (non-hydrogen) atoms. The van der Waals surface area contributed by atoms with Gasteiger partial charge in [0, 0.05) is 5.57 Å². The normalized spacial score (nSPS) is 14.9. The van der Waals surface area contributed by atoms with Gasteiger partial charge in [0.2, 0.25) is 0 Å². The minimum atomic E-state index is 0.679. The molecule has 0 atom stereocenters. The van der Waals surface area contributed by atoms with Crippen LogP contribution < -0.4 is 0 Å². The lowest BCUT2D eigenvalue weighted by Crippen LogP contribution is -1.94. The van der Waals surface area contributed by atoms with Crippen LogP contribution in [0.15, 0.2) is 31.1 Å². The van der Waals surface area contributed by atoms with Crippen molar-refractivity contribution in [3.8, 4) is 0 Å². The van der Waals surface area contributed by atoms with Crippen LogP contribution in [0.1, 0.15) is 28.4 Å². The first kappa shape index (κ1) is 12.1. The first-order valence-electron chi connectivity index (χ1n) is 5.24. The van der Waals surface area contributed by atoms with Crippen LogP contribution in [0.25, 0.3) is 17.7 Å². The van der Waals surface area contributed by atoms with E-state index in [9.17, 15) is 0 Å². The number of nitrogens with zero attached hydrogens (tertiary/aromatic N) is 1. The van der Waals surface area contributed by atoms with E-state index in [4.69, 9.17) is 16.2 Å². The molecule has 0 aromatic carbocycles. The van der Waals surface area contributed by atoms with E-state index in [1.807, 2.05) is 12.2 Å². The molecular weight excluding hydrogens is 254 g/mol. The Hall–Kier alpha value is -1.32. The molecular formula is C13H12ClNOS. The van der Waals surface area contributed by atoms with Gasteiger partial charge in [-0.25, -0.2) is 4.98 Å². The molecule has 0 radical (unpaired) electrons. The number of allylic oxidation sites excluding steroid dienone is 3. The maximum absolute atomic E-state index is 5.47. The zero-order valence-corrected chi connectivity index (χ0v) is 10.9. The molecule has 1 aliphatic rings. The highest BCUT2D eigenvalue weighted by Gasteiger charge is 2.17. The number of aromatic nitrogens is 1. The predicted molar refractivity (Wildman–Crippen MR) is 74.5 cm³/mol. The molecule has 88 valence electrons. The number of rotatable bonds is 4. The van der Waals surface area contributed by atoms with Crippen molar-refractivity contribution >= 4 is 40.9 Å². The average molecular weight is 266 g/mol. The Bertz CT molecular complexity index is 488. The Morgan fingerprint density at radius 3 is 2.82 bits per heavy atom. The highest BCUT2D eigenvalue weighted by Crippen LogP contribution is 2.34. The molecule has 1 aromatic heterocycles. The first-order chi connectivity index (χ1) is 8.30. The summed E-state index contributed by atoms with van der Waals surface area (Å²) in [5.74, 6) is 0.679. The third-order valence-corrected chi connectivity index (χ3v) is 3.82. The van der Waals surface area contributed by atoms with Gasteiger partial charge in [0.1, 0.15) is 16.9 Å². The lowest BCUT2D eigenvalue weighted by Gasteiger charge is -2.10. The highest BCUT2D eigenvalue weighted by atomic mass is 35.5. The number of halogens is 1. The van der Waals surface area contributed by atoms with Gasteiger partial charge in [-0.15, -0.1) is 11.3 Å². The Morgan fingerprint density at radius 2 is 2.24 bits per heavy atom. The fourth-order valence-electron chi connectivity index (χ4n) is 1.69. The van der Waals surface area contributed by atoms with Crippen LogP contribution in [0.4, 0.5) is 0 Å². The number of hydrogen-bond acceptors (Lipinski definition) is 3. The molecule has 0 fully saturated rings. The van der Waals surface area contributed by atoms with Gasteiger partial charge in [-0.3, -0.25) is 0 Å². The van der Waals surface area contributed by atoms with Gasteiger partial charge in [-0.2, -0.15) is 0 Å². The van der Waals surface area contributed by atoms with Gasteiger partial charge in [-0.1, -0.05) is 19.2 Å². The summed E-state index contributed by atoms with van der Waals surface area (Å²) in [7, 11) is 0. The van der Waals surface area contributed by atoms with Gasteiger partial charge in [0.05, 0.1) is 10.6 Å². The second-order valence-corrected chi connectivity index (χ2v) is 4.72. The van der Waals surface area contributed by atoms with Crippen molar-refractivity contribution in [3.05, 3.63) is 46.6 Å². The van der Waals surface area contributed by atoms with E-state index in [0.29, 0.717) is 5.76 Å². The molecule has 1 aliphatic carbocycles. The van der Waals surface area contributed by atoms with Gasteiger partial charge < -0.3 is 4.29 Å². The molecule has 0 bridgehead atoms. The van der Waals surface area contributed by atoms with Crippen molar-refractivity contribution < 1.29 is 4.29 Å². The van der Waals surface area contributed by atoms with Crippen LogP contribution in [-0.2, 0) is 4.29 Å². The topological polar surface area (TPSA) is 22.1 Å². The monoisotopic (exact) mass is 265 g/mol. The van der Waals surface area contributed by atoms with Crippen molar-refractivity contribution in [2.24, 2.45) is 0 Å². The van der Waals surface area contributed by atoms with E-state index in [0.717, 1.165) is 34.0 Å². The van der Waals surface area contributed by atoms with Crippen molar-refractivity contribution in [3.63, 3.8) is 0 Å². The lowest BCUT2D eigenvalue weighted by atomic mass is 10.0. The van der Waals surface area contributed by atoms with Crippen LogP contribution >= 0.6 is 23.2 Å². The largest absolute Gasteiger partial charge is 0.385 e. The van der Waals surface area contributed by atoms with Crippen LogP contribution in [0.3, 0.4) is 0 Å². The summed E-state index contributed by atoms with van der Waals surface area (Å²) >= 11 is 7.05.